The van der Waals surface area contributed by atoms with E-state index in [0.717, 1.165) is 38.5 Å². The second-order valence-corrected chi connectivity index (χ2v) is 9.53. The molecule has 272 valence electrons. The first-order valence-corrected chi connectivity index (χ1v) is 14.0. The lowest BCUT2D eigenvalue weighted by Crippen LogP contribution is -2.58. The molecule has 0 atom stereocenters. The van der Waals surface area contributed by atoms with Gasteiger partial charge in [-0.1, -0.05) is 58.3 Å². The van der Waals surface area contributed by atoms with Crippen LogP contribution in [0.15, 0.2) is 0 Å². The van der Waals surface area contributed by atoms with Gasteiger partial charge in [0, 0.05) is 6.61 Å². The van der Waals surface area contributed by atoms with Crippen LogP contribution in [0.3, 0.4) is 0 Å². The summed E-state index contributed by atoms with van der Waals surface area (Å²) in [7, 11) is 0. The van der Waals surface area contributed by atoms with E-state index < -0.39 is 69.7 Å². The van der Waals surface area contributed by atoms with Gasteiger partial charge in [-0.05, 0) is 6.42 Å². The highest BCUT2D eigenvalue weighted by Gasteiger charge is 2.74. The monoisotopic (exact) mass is 696 g/mol. The topological polar surface area (TPSA) is 84.8 Å². The molecular weight excluding hydrogens is 656 g/mol. The maximum absolute atomic E-state index is 13.7. The molecule has 0 aliphatic heterocycles. The van der Waals surface area contributed by atoms with Crippen LogP contribution in [0, 0.1) is 0 Å². The summed E-state index contributed by atoms with van der Waals surface area (Å²) in [6.07, 6.45) is -30.4. The zero-order valence-corrected chi connectivity index (χ0v) is 24.6. The molecule has 8 nitrogen and oxygen atoms in total. The van der Waals surface area contributed by atoms with Crippen molar-refractivity contribution in [3.8, 4) is 0 Å². The van der Waals surface area contributed by atoms with Crippen LogP contribution in [0.1, 0.15) is 64.7 Å². The first kappa shape index (κ1) is 43.8. The zero-order valence-electron chi connectivity index (χ0n) is 24.6. The molecule has 0 aliphatic rings. The van der Waals surface area contributed by atoms with E-state index in [4.69, 9.17) is 14.6 Å². The largest absolute Gasteiger partial charge is 0.453 e. The number of unbranched alkanes of at least 4 members (excludes halogenated alkanes) is 8. The molecule has 0 unspecified atom stereocenters. The minimum atomic E-state index is -6.94. The molecule has 0 saturated carbocycles. The molecule has 0 radical (unpaired) electrons. The Kier molecular flexibility index (Phi) is 20.4. The first-order valence-electron chi connectivity index (χ1n) is 14.0. The fourth-order valence-corrected chi connectivity index (χ4v) is 3.23. The Labute approximate surface area is 252 Å². The molecule has 0 aromatic heterocycles. The molecule has 0 aromatic carbocycles. The molecular formula is C25H40F12O8. The SMILES string of the molecule is CCCCCCCCCCCOCC(F)(F)OC(F)(F)C(F)(F)OC(F)(F)C(F)(F)OC(F)(F)COCCOCCOCCO. The molecule has 0 bridgehead atoms. The summed E-state index contributed by atoms with van der Waals surface area (Å²) in [6.45, 7) is -4.21. The third-order valence-electron chi connectivity index (χ3n) is 5.40. The van der Waals surface area contributed by atoms with Crippen molar-refractivity contribution in [2.75, 3.05) is 59.5 Å². The summed E-state index contributed by atoms with van der Waals surface area (Å²) in [4.78, 5) is 0. The van der Waals surface area contributed by atoms with Gasteiger partial charge in [0.2, 0.25) is 0 Å². The molecule has 0 rings (SSSR count). The van der Waals surface area contributed by atoms with E-state index in [1.165, 1.54) is 0 Å². The maximum atomic E-state index is 13.7. The fourth-order valence-electron chi connectivity index (χ4n) is 3.23. The smallest absolute Gasteiger partial charge is 0.394 e. The van der Waals surface area contributed by atoms with E-state index in [2.05, 4.69) is 25.9 Å². The Morgan fingerprint density at radius 1 is 0.400 bits per heavy atom. The van der Waals surface area contributed by atoms with E-state index >= 15 is 0 Å². The van der Waals surface area contributed by atoms with Gasteiger partial charge in [0.1, 0.15) is 13.2 Å². The molecule has 45 heavy (non-hydrogen) atoms. The van der Waals surface area contributed by atoms with Crippen molar-refractivity contribution in [1.82, 2.24) is 0 Å². The van der Waals surface area contributed by atoms with Crippen LogP contribution < -0.4 is 0 Å². The molecule has 0 saturated heterocycles. The van der Waals surface area contributed by atoms with E-state index in [9.17, 15) is 52.7 Å². The quantitative estimate of drug-likeness (QED) is 0.0625. The maximum Gasteiger partial charge on any atom is 0.453 e. The number of aliphatic hydroxyl groups is 1. The van der Waals surface area contributed by atoms with Crippen molar-refractivity contribution in [2.45, 2.75) is 101 Å². The average Bonchev–Trinajstić information content (AvgIpc) is 2.88. The Morgan fingerprint density at radius 3 is 1.16 bits per heavy atom. The number of hydrogen-bond donors (Lipinski definition) is 1. The number of halogens is 12. The lowest BCUT2D eigenvalue weighted by molar-refractivity contribution is -0.558. The minimum absolute atomic E-state index is 0.0243. The van der Waals surface area contributed by atoms with Gasteiger partial charge in [-0.3, -0.25) is 0 Å². The van der Waals surface area contributed by atoms with E-state index in [1.54, 1.807) is 0 Å². The number of alkyl halides is 12. The predicted molar refractivity (Wildman–Crippen MR) is 131 cm³/mol. The number of hydrogen-bond acceptors (Lipinski definition) is 8. The molecule has 0 amide bonds. The first-order chi connectivity index (χ1) is 20.7. The van der Waals surface area contributed by atoms with Crippen LogP contribution in [0.5, 0.6) is 0 Å². The number of aliphatic hydroxyl groups excluding tert-OH is 1. The van der Waals surface area contributed by atoms with Crippen molar-refractivity contribution >= 4 is 0 Å². The van der Waals surface area contributed by atoms with Gasteiger partial charge in [-0.15, -0.1) is 0 Å². The van der Waals surface area contributed by atoms with E-state index in [1.807, 2.05) is 4.74 Å². The van der Waals surface area contributed by atoms with Crippen molar-refractivity contribution in [3.63, 3.8) is 0 Å². The second kappa shape index (κ2) is 20.9. The van der Waals surface area contributed by atoms with E-state index in [-0.39, 0.29) is 32.8 Å². The third-order valence-corrected chi connectivity index (χ3v) is 5.40. The van der Waals surface area contributed by atoms with E-state index in [0.29, 0.717) is 12.8 Å². The van der Waals surface area contributed by atoms with Gasteiger partial charge < -0.3 is 24.1 Å². The Morgan fingerprint density at radius 2 is 0.733 bits per heavy atom. The van der Waals surface area contributed by atoms with Crippen molar-refractivity contribution < 1.29 is 90.9 Å². The minimum Gasteiger partial charge on any atom is -0.394 e. The predicted octanol–water partition coefficient (Wildman–Crippen LogP) is 7.18. The molecule has 0 spiro atoms. The van der Waals surface area contributed by atoms with Crippen LogP contribution in [0.25, 0.3) is 0 Å². The Bertz CT molecular complexity index is 764. The summed E-state index contributed by atoms with van der Waals surface area (Å²) in [5.74, 6) is 0. The normalized spacial score (nSPS) is 14.0. The summed E-state index contributed by atoms with van der Waals surface area (Å²) >= 11 is 0. The van der Waals surface area contributed by atoms with Crippen molar-refractivity contribution in [3.05, 3.63) is 0 Å². The second-order valence-electron chi connectivity index (χ2n) is 9.53. The molecule has 0 aromatic rings. The number of rotatable bonds is 30. The lowest BCUT2D eigenvalue weighted by Gasteiger charge is -2.34. The van der Waals surface area contributed by atoms with Crippen LogP contribution in [-0.4, -0.2) is 101 Å². The van der Waals surface area contributed by atoms with Crippen LogP contribution in [0.4, 0.5) is 52.7 Å². The Balaban J connectivity index is 4.75. The highest BCUT2D eigenvalue weighted by molar-refractivity contribution is 4.77. The van der Waals surface area contributed by atoms with Crippen molar-refractivity contribution in [1.29, 1.82) is 0 Å². The van der Waals surface area contributed by atoms with Crippen LogP contribution >= 0.6 is 0 Å². The van der Waals surface area contributed by atoms with Crippen LogP contribution in [0.2, 0.25) is 0 Å². The summed E-state index contributed by atoms with van der Waals surface area (Å²) in [6, 6.07) is 0. The summed E-state index contributed by atoms with van der Waals surface area (Å²) in [5.41, 5.74) is 0. The molecule has 20 heteroatoms. The molecule has 0 aliphatic carbocycles. The highest BCUT2D eigenvalue weighted by Crippen LogP contribution is 2.48. The van der Waals surface area contributed by atoms with Gasteiger partial charge in [-0.25, -0.2) is 14.2 Å². The lowest BCUT2D eigenvalue weighted by atomic mass is 10.1. The van der Waals surface area contributed by atoms with Gasteiger partial charge in [0.15, 0.2) is 0 Å². The number of ether oxygens (including phenoxy) is 7. The molecule has 1 N–H and O–H groups in total. The van der Waals surface area contributed by atoms with Crippen LogP contribution in [-0.2, 0) is 33.2 Å². The standard InChI is InChI=1S/C25H40F12O8/c1-2-3-4-5-6-7-8-9-10-12-41-18-20(26,27)43-22(30,31)24(34,35)45-25(36,37)23(32,33)44-21(28,29)19-42-17-16-40-15-14-39-13-11-38/h38H,2-19H2,1H3. The van der Waals surface area contributed by atoms with Crippen molar-refractivity contribution in [2.24, 2.45) is 0 Å². The highest BCUT2D eigenvalue weighted by atomic mass is 19.4. The average molecular weight is 697 g/mol. The fraction of sp³-hybridized carbons (Fsp3) is 1.00. The van der Waals surface area contributed by atoms with Gasteiger partial charge in [-0.2, -0.15) is 52.7 Å². The summed E-state index contributed by atoms with van der Waals surface area (Å²) < 4.78 is 189. The van der Waals surface area contributed by atoms with Gasteiger partial charge >= 0.3 is 36.7 Å². The van der Waals surface area contributed by atoms with Gasteiger partial charge in [0.05, 0.1) is 39.6 Å². The Hall–Kier alpha value is -1.16. The third kappa shape index (κ3) is 19.3. The van der Waals surface area contributed by atoms with Gasteiger partial charge in [0.25, 0.3) is 0 Å². The summed E-state index contributed by atoms with van der Waals surface area (Å²) in [5, 5.41) is 8.47. The molecule has 0 fully saturated rings. The molecule has 0 heterocycles. The zero-order chi connectivity index (χ0) is 34.7.